The summed E-state index contributed by atoms with van der Waals surface area (Å²) in [5.41, 5.74) is 7.28. The van der Waals surface area contributed by atoms with Crippen molar-refractivity contribution in [3.63, 3.8) is 0 Å². The molecule has 3 heteroatoms. The van der Waals surface area contributed by atoms with Crippen molar-refractivity contribution in [2.45, 2.75) is 0 Å². The van der Waals surface area contributed by atoms with Crippen LogP contribution in [0, 0.1) is 0 Å². The van der Waals surface area contributed by atoms with Gasteiger partial charge in [0.15, 0.2) is 0 Å². The van der Waals surface area contributed by atoms with E-state index in [-0.39, 0.29) is 0 Å². The van der Waals surface area contributed by atoms with E-state index in [1.165, 1.54) is 32.7 Å². The maximum Gasteiger partial charge on any atom is 0.138 e. The minimum Gasteiger partial charge on any atom is -0.456 e. The van der Waals surface area contributed by atoms with E-state index >= 15 is 0 Å². The highest BCUT2D eigenvalue weighted by atomic mass is 16.3. The number of aromatic nitrogens is 1. The van der Waals surface area contributed by atoms with Crippen LogP contribution in [0.4, 0.5) is 17.1 Å². The fourth-order valence-electron chi connectivity index (χ4n) is 5.84. The summed E-state index contributed by atoms with van der Waals surface area (Å²) in [6.45, 7) is 0. The summed E-state index contributed by atoms with van der Waals surface area (Å²) in [5, 5.41) is 7.02. The second-order valence-electron chi connectivity index (χ2n) is 10.1. The molecule has 8 rings (SSSR count). The Bertz CT molecular complexity index is 2160. The van der Waals surface area contributed by atoms with Crippen molar-refractivity contribution in [1.29, 1.82) is 0 Å². The molecule has 3 nitrogen and oxygen atoms in total. The fraction of sp³-hybridized carbons (Fsp3) is 0. The van der Waals surface area contributed by atoms with E-state index in [0.29, 0.717) is 0 Å². The molecule has 2 aromatic heterocycles. The van der Waals surface area contributed by atoms with E-state index in [0.717, 1.165) is 39.0 Å². The van der Waals surface area contributed by atoms with Crippen LogP contribution in [0.2, 0.25) is 0 Å². The third-order valence-corrected chi connectivity index (χ3v) is 7.73. The lowest BCUT2D eigenvalue weighted by atomic mass is 10.0. The number of nitrogens with zero attached hydrogens (tertiary/aromatic N) is 2. The van der Waals surface area contributed by atoms with Gasteiger partial charge in [-0.3, -0.25) is 4.98 Å². The molecule has 0 aliphatic heterocycles. The molecule has 0 unspecified atom stereocenters. The van der Waals surface area contributed by atoms with Crippen LogP contribution in [0.5, 0.6) is 0 Å². The highest BCUT2D eigenvalue weighted by molar-refractivity contribution is 6.14. The Kier molecular flexibility index (Phi) is 5.14. The van der Waals surface area contributed by atoms with Crippen LogP contribution >= 0.6 is 0 Å². The summed E-state index contributed by atoms with van der Waals surface area (Å²) in [4.78, 5) is 6.74. The van der Waals surface area contributed by atoms with Gasteiger partial charge in [-0.05, 0) is 75.1 Å². The van der Waals surface area contributed by atoms with Gasteiger partial charge < -0.3 is 9.32 Å². The molecule has 188 valence electrons. The van der Waals surface area contributed by atoms with E-state index in [1.807, 2.05) is 24.4 Å². The molecule has 2 heterocycles. The van der Waals surface area contributed by atoms with Gasteiger partial charge in [-0.2, -0.15) is 0 Å². The van der Waals surface area contributed by atoms with E-state index in [1.54, 1.807) is 6.20 Å². The summed E-state index contributed by atoms with van der Waals surface area (Å²) in [6.07, 6.45) is 3.67. The van der Waals surface area contributed by atoms with Gasteiger partial charge in [-0.1, -0.05) is 91.0 Å². The number of furan rings is 1. The molecule has 0 amide bonds. The van der Waals surface area contributed by atoms with E-state index in [4.69, 9.17) is 4.42 Å². The topological polar surface area (TPSA) is 29.3 Å². The molecule has 6 aromatic carbocycles. The quantitative estimate of drug-likeness (QED) is 0.220. The highest BCUT2D eigenvalue weighted by Gasteiger charge is 2.20. The zero-order valence-electron chi connectivity index (χ0n) is 21.7. The molecular formula is C37H24N2O. The van der Waals surface area contributed by atoms with Crippen molar-refractivity contribution < 1.29 is 4.42 Å². The number of hydrogen-bond donors (Lipinski definition) is 0. The lowest BCUT2D eigenvalue weighted by Crippen LogP contribution is -2.10. The van der Waals surface area contributed by atoms with E-state index in [2.05, 4.69) is 125 Å². The van der Waals surface area contributed by atoms with Crippen LogP contribution in [-0.4, -0.2) is 4.98 Å². The van der Waals surface area contributed by atoms with Gasteiger partial charge in [0.05, 0.1) is 11.1 Å². The summed E-state index contributed by atoms with van der Waals surface area (Å²) in [5.74, 6) is 0. The minimum absolute atomic E-state index is 0.835. The Morgan fingerprint density at radius 2 is 1.25 bits per heavy atom. The molecule has 0 saturated heterocycles. The summed E-state index contributed by atoms with van der Waals surface area (Å²) < 4.78 is 6.24. The van der Waals surface area contributed by atoms with Crippen LogP contribution in [0.15, 0.2) is 150 Å². The number of benzene rings is 6. The lowest BCUT2D eigenvalue weighted by molar-refractivity contribution is 0.668. The van der Waals surface area contributed by atoms with Gasteiger partial charge in [0.25, 0.3) is 0 Å². The van der Waals surface area contributed by atoms with Crippen molar-refractivity contribution >= 4 is 60.5 Å². The second kappa shape index (κ2) is 9.11. The highest BCUT2D eigenvalue weighted by Crippen LogP contribution is 2.43. The molecule has 0 aliphatic carbocycles. The van der Waals surface area contributed by atoms with E-state index in [9.17, 15) is 0 Å². The first kappa shape index (κ1) is 22.6. The molecule has 40 heavy (non-hydrogen) atoms. The zero-order chi connectivity index (χ0) is 26.5. The van der Waals surface area contributed by atoms with Gasteiger partial charge in [-0.15, -0.1) is 0 Å². The van der Waals surface area contributed by atoms with Gasteiger partial charge in [-0.25, -0.2) is 0 Å². The van der Waals surface area contributed by atoms with Gasteiger partial charge in [0, 0.05) is 29.2 Å². The maximum absolute atomic E-state index is 6.24. The SMILES string of the molecule is c1ccc(-c2ccc(N(c3ccc4c(ccc5ccccc54)c3)c3cccc4oc5ccncc5c34)cc2)cc1. The molecule has 0 radical (unpaired) electrons. The average molecular weight is 513 g/mol. The van der Waals surface area contributed by atoms with Crippen molar-refractivity contribution in [3.8, 4) is 11.1 Å². The molecule has 0 fully saturated rings. The monoisotopic (exact) mass is 512 g/mol. The molecule has 0 bridgehead atoms. The smallest absolute Gasteiger partial charge is 0.138 e. The van der Waals surface area contributed by atoms with Gasteiger partial charge in [0.2, 0.25) is 0 Å². The average Bonchev–Trinajstić information content (AvgIpc) is 3.41. The van der Waals surface area contributed by atoms with Crippen LogP contribution in [0.1, 0.15) is 0 Å². The van der Waals surface area contributed by atoms with Crippen molar-refractivity contribution in [2.75, 3.05) is 4.90 Å². The first-order valence-corrected chi connectivity index (χ1v) is 13.5. The Morgan fingerprint density at radius 3 is 2.15 bits per heavy atom. The molecule has 0 saturated carbocycles. The van der Waals surface area contributed by atoms with Gasteiger partial charge in [0.1, 0.15) is 11.2 Å². The fourth-order valence-corrected chi connectivity index (χ4v) is 5.84. The second-order valence-corrected chi connectivity index (χ2v) is 10.1. The molecule has 0 aliphatic rings. The molecular weight excluding hydrogens is 488 g/mol. The third-order valence-electron chi connectivity index (χ3n) is 7.73. The zero-order valence-corrected chi connectivity index (χ0v) is 21.7. The third kappa shape index (κ3) is 3.63. The summed E-state index contributed by atoms with van der Waals surface area (Å²) >= 11 is 0. The Hall–Kier alpha value is -5.41. The van der Waals surface area contributed by atoms with Crippen LogP contribution in [0.3, 0.4) is 0 Å². The maximum atomic E-state index is 6.24. The summed E-state index contributed by atoms with van der Waals surface area (Å²) in [6, 6.07) is 47.2. The molecule has 0 spiro atoms. The predicted molar refractivity (Wildman–Crippen MR) is 167 cm³/mol. The largest absolute Gasteiger partial charge is 0.456 e. The predicted octanol–water partition coefficient (Wildman–Crippen LogP) is 10.4. The first-order valence-electron chi connectivity index (χ1n) is 13.5. The Labute approximate surface area is 231 Å². The van der Waals surface area contributed by atoms with Crippen LogP contribution < -0.4 is 4.90 Å². The number of fused-ring (bicyclic) bond motifs is 6. The standard InChI is InChI=1S/C37H24N2O/c1-2-7-25(8-3-1)26-15-17-29(18-16-26)39(34-11-6-12-36-37(34)33-24-38-22-21-35(33)40-36)30-19-20-32-28(23-30)14-13-27-9-4-5-10-31(27)32/h1-24H. The Balaban J connectivity index is 1.36. The number of rotatable bonds is 4. The van der Waals surface area contributed by atoms with E-state index < -0.39 is 0 Å². The number of pyridine rings is 1. The Morgan fingerprint density at radius 1 is 0.500 bits per heavy atom. The van der Waals surface area contributed by atoms with Crippen LogP contribution in [0.25, 0.3) is 54.6 Å². The van der Waals surface area contributed by atoms with Crippen molar-refractivity contribution in [1.82, 2.24) is 4.98 Å². The van der Waals surface area contributed by atoms with Crippen LogP contribution in [-0.2, 0) is 0 Å². The first-order chi connectivity index (χ1) is 19.8. The van der Waals surface area contributed by atoms with Gasteiger partial charge >= 0.3 is 0 Å². The number of anilines is 3. The van der Waals surface area contributed by atoms with Crippen molar-refractivity contribution in [3.05, 3.63) is 146 Å². The molecule has 0 N–H and O–H groups in total. The molecule has 8 aromatic rings. The minimum atomic E-state index is 0.835. The van der Waals surface area contributed by atoms with Crippen molar-refractivity contribution in [2.24, 2.45) is 0 Å². The number of hydrogen-bond acceptors (Lipinski definition) is 3. The summed E-state index contributed by atoms with van der Waals surface area (Å²) in [7, 11) is 0. The lowest BCUT2D eigenvalue weighted by Gasteiger charge is -2.27. The normalized spacial score (nSPS) is 11.5. The molecule has 0 atom stereocenters.